The van der Waals surface area contributed by atoms with E-state index >= 15 is 0 Å². The Kier molecular flexibility index (Phi) is 7.65. The van der Waals surface area contributed by atoms with Gasteiger partial charge in [0.25, 0.3) is 0 Å². The number of hydrogen-bond donors (Lipinski definition) is 4. The van der Waals surface area contributed by atoms with Crippen LogP contribution < -0.4 is 16.4 Å². The lowest BCUT2D eigenvalue weighted by molar-refractivity contribution is -0.137. The fourth-order valence-corrected chi connectivity index (χ4v) is 5.79. The van der Waals surface area contributed by atoms with E-state index in [-0.39, 0.29) is 51.0 Å². The van der Waals surface area contributed by atoms with Gasteiger partial charge in [-0.05, 0) is 49.2 Å². The molecule has 1 unspecified atom stereocenters. The second-order valence-electron chi connectivity index (χ2n) is 7.59. The minimum atomic E-state index is -4.73. The van der Waals surface area contributed by atoms with Crippen molar-refractivity contribution < 1.29 is 21.6 Å². The number of nitrogens with one attached hydrogen (secondary N) is 3. The van der Waals surface area contributed by atoms with Crippen LogP contribution in [0.1, 0.15) is 18.4 Å². The molecule has 8 nitrogen and oxygen atoms in total. The third kappa shape index (κ3) is 5.40. The summed E-state index contributed by atoms with van der Waals surface area (Å²) < 4.78 is 67.4. The van der Waals surface area contributed by atoms with Gasteiger partial charge in [-0.15, -0.1) is 17.5 Å². The Balaban J connectivity index is 0.00000324. The van der Waals surface area contributed by atoms with Crippen molar-refractivity contribution in [3.8, 4) is 11.1 Å². The number of anilines is 3. The number of piperidine rings is 1. The molecule has 0 saturated carbocycles. The molecule has 1 aliphatic heterocycles. The van der Waals surface area contributed by atoms with Crippen molar-refractivity contribution in [1.82, 2.24) is 20.5 Å². The maximum absolute atomic E-state index is 13.9. The van der Waals surface area contributed by atoms with Gasteiger partial charge in [-0.3, -0.25) is 0 Å². The largest absolute Gasteiger partial charge is 0.417 e. The summed E-state index contributed by atoms with van der Waals surface area (Å²) in [6.45, 7) is 1.11. The zero-order valence-electron chi connectivity index (χ0n) is 17.5. The van der Waals surface area contributed by atoms with Crippen LogP contribution >= 0.6 is 24.0 Å². The summed E-state index contributed by atoms with van der Waals surface area (Å²) in [4.78, 5) is 3.85. The first kappa shape index (κ1) is 26.1. The van der Waals surface area contributed by atoms with Crippen molar-refractivity contribution >= 4 is 51.4 Å². The van der Waals surface area contributed by atoms with Gasteiger partial charge in [0.1, 0.15) is 0 Å². The maximum atomic E-state index is 13.9. The monoisotopic (exact) mass is 536 g/mol. The molecule has 0 radical (unpaired) electrons. The van der Waals surface area contributed by atoms with Crippen molar-refractivity contribution in [2.45, 2.75) is 29.2 Å². The molecule has 34 heavy (non-hydrogen) atoms. The molecule has 184 valence electrons. The number of aromatic amines is 1. The molecule has 1 saturated heterocycles. The zero-order valence-corrected chi connectivity index (χ0v) is 19.9. The molecule has 1 atom stereocenters. The number of nitrogens with zero attached hydrogens (tertiary/aromatic N) is 2. The average Bonchev–Trinajstić information content (AvgIpc) is 3.18. The number of sulfone groups is 1. The number of H-pyrrole nitrogens is 1. The van der Waals surface area contributed by atoms with E-state index in [1.54, 1.807) is 0 Å². The summed E-state index contributed by atoms with van der Waals surface area (Å²) in [5.74, 6) is -0.0217. The molecule has 1 fully saturated rings. The first-order valence-corrected chi connectivity index (χ1v) is 11.9. The van der Waals surface area contributed by atoms with E-state index in [9.17, 15) is 21.6 Å². The predicted octanol–water partition coefficient (Wildman–Crippen LogP) is 4.42. The Morgan fingerprint density at radius 3 is 2.44 bits per heavy atom. The van der Waals surface area contributed by atoms with E-state index in [4.69, 9.17) is 17.3 Å². The molecule has 0 bridgehead atoms. The van der Waals surface area contributed by atoms with Crippen molar-refractivity contribution in [3.63, 3.8) is 0 Å². The van der Waals surface area contributed by atoms with E-state index < -0.39 is 26.8 Å². The first-order chi connectivity index (χ1) is 15.6. The lowest BCUT2D eigenvalue weighted by Crippen LogP contribution is -2.38. The highest BCUT2D eigenvalue weighted by Crippen LogP contribution is 2.43. The third-order valence-corrected chi connectivity index (χ3v) is 7.82. The van der Waals surface area contributed by atoms with Gasteiger partial charge in [-0.25, -0.2) is 13.5 Å². The minimum Gasteiger partial charge on any atom is -0.368 e. The lowest BCUT2D eigenvalue weighted by atomic mass is 9.98. The zero-order chi connectivity index (χ0) is 23.8. The maximum Gasteiger partial charge on any atom is 0.417 e. The number of nitrogen functional groups attached to an aromatic ring is 1. The second kappa shape index (κ2) is 9.98. The van der Waals surface area contributed by atoms with Crippen LogP contribution in [0.25, 0.3) is 11.1 Å². The molecule has 0 amide bonds. The molecule has 5 N–H and O–H groups in total. The van der Waals surface area contributed by atoms with Gasteiger partial charge < -0.3 is 16.4 Å². The SMILES string of the molecule is Cl.Nc1nc(Nc2cc(Cl)c(-c3ccc(S(=O)(=O)C4CCCNC4)cc3)c(C(F)(F)F)c2)n[nH]1. The van der Waals surface area contributed by atoms with E-state index in [1.807, 2.05) is 0 Å². The standard InChI is InChI=1S/C20H20ClF3N6O2S.ClH/c21-16-9-12(27-19-28-18(25)29-30-19)8-15(20(22,23)24)17(16)11-3-5-13(6-4-11)33(31,32)14-2-1-7-26-10-14;/h3-6,8-9,14,26H,1-2,7,10H2,(H4,25,27,28,29,30);1H. The summed E-state index contributed by atoms with van der Waals surface area (Å²) in [5, 5.41) is 11.0. The van der Waals surface area contributed by atoms with Crippen LogP contribution in [0.15, 0.2) is 41.3 Å². The number of nitrogens with two attached hydrogens (primary N) is 1. The fourth-order valence-electron chi connectivity index (χ4n) is 3.74. The smallest absolute Gasteiger partial charge is 0.368 e. The number of benzene rings is 2. The molecule has 3 aromatic rings. The highest BCUT2D eigenvalue weighted by Gasteiger charge is 2.36. The Labute approximate surface area is 204 Å². The van der Waals surface area contributed by atoms with Crippen LogP contribution in [-0.2, 0) is 16.0 Å². The van der Waals surface area contributed by atoms with Crippen molar-refractivity contribution in [2.24, 2.45) is 0 Å². The van der Waals surface area contributed by atoms with Gasteiger partial charge in [-0.1, -0.05) is 23.7 Å². The fraction of sp³-hybridized carbons (Fsp3) is 0.300. The highest BCUT2D eigenvalue weighted by molar-refractivity contribution is 7.92. The molecule has 2 heterocycles. The quantitative estimate of drug-likeness (QED) is 0.380. The Bertz CT molecular complexity index is 1260. The van der Waals surface area contributed by atoms with Gasteiger partial charge >= 0.3 is 6.18 Å². The minimum absolute atomic E-state index is 0. The van der Waals surface area contributed by atoms with Gasteiger partial charge in [0, 0.05) is 17.8 Å². The number of alkyl halides is 3. The summed E-state index contributed by atoms with van der Waals surface area (Å²) in [7, 11) is -3.60. The van der Waals surface area contributed by atoms with Crippen LogP contribution in [-0.4, -0.2) is 41.9 Å². The molecular formula is C20H21Cl2F3N6O2S. The number of rotatable bonds is 5. The van der Waals surface area contributed by atoms with Crippen molar-refractivity contribution in [1.29, 1.82) is 0 Å². The number of halogens is 5. The molecular weight excluding hydrogens is 516 g/mol. The normalized spacial score (nSPS) is 16.6. The van der Waals surface area contributed by atoms with Crippen LogP contribution in [0.2, 0.25) is 5.02 Å². The predicted molar refractivity (Wildman–Crippen MR) is 126 cm³/mol. The first-order valence-electron chi connectivity index (χ1n) is 9.96. The molecule has 2 aromatic carbocycles. The topological polar surface area (TPSA) is 126 Å². The average molecular weight is 537 g/mol. The summed E-state index contributed by atoms with van der Waals surface area (Å²) >= 11 is 6.26. The van der Waals surface area contributed by atoms with E-state index in [1.165, 1.54) is 30.3 Å². The Hall–Kier alpha value is -2.54. The lowest BCUT2D eigenvalue weighted by Gasteiger charge is -2.23. The molecule has 1 aliphatic rings. The van der Waals surface area contributed by atoms with Gasteiger partial charge in [0.05, 0.1) is 20.7 Å². The van der Waals surface area contributed by atoms with Crippen LogP contribution in [0.3, 0.4) is 0 Å². The third-order valence-electron chi connectivity index (χ3n) is 5.32. The van der Waals surface area contributed by atoms with Crippen LogP contribution in [0, 0.1) is 0 Å². The highest BCUT2D eigenvalue weighted by atomic mass is 35.5. The Morgan fingerprint density at radius 1 is 1.18 bits per heavy atom. The van der Waals surface area contributed by atoms with Crippen LogP contribution in [0.5, 0.6) is 0 Å². The Morgan fingerprint density at radius 2 is 1.88 bits per heavy atom. The molecule has 4 rings (SSSR count). The second-order valence-corrected chi connectivity index (χ2v) is 10.2. The summed E-state index contributed by atoms with van der Waals surface area (Å²) in [6, 6.07) is 7.49. The molecule has 14 heteroatoms. The summed E-state index contributed by atoms with van der Waals surface area (Å²) in [6.07, 6.45) is -3.45. The van der Waals surface area contributed by atoms with Crippen molar-refractivity contribution in [3.05, 3.63) is 47.0 Å². The van der Waals surface area contributed by atoms with Gasteiger partial charge in [-0.2, -0.15) is 18.2 Å². The number of aromatic nitrogens is 3. The molecule has 0 aliphatic carbocycles. The van der Waals surface area contributed by atoms with E-state index in [2.05, 4.69) is 25.8 Å². The van der Waals surface area contributed by atoms with Gasteiger partial charge in [0.2, 0.25) is 11.9 Å². The van der Waals surface area contributed by atoms with Crippen LogP contribution in [0.4, 0.5) is 30.8 Å². The molecule has 1 aromatic heterocycles. The molecule has 0 spiro atoms. The summed E-state index contributed by atoms with van der Waals surface area (Å²) in [5.41, 5.74) is 4.33. The van der Waals surface area contributed by atoms with Gasteiger partial charge in [0.15, 0.2) is 9.84 Å². The van der Waals surface area contributed by atoms with E-state index in [0.717, 1.165) is 19.0 Å². The van der Waals surface area contributed by atoms with E-state index in [0.29, 0.717) is 13.0 Å². The number of hydrogen-bond acceptors (Lipinski definition) is 7. The van der Waals surface area contributed by atoms with Crippen molar-refractivity contribution in [2.75, 3.05) is 24.1 Å².